The highest BCUT2D eigenvalue weighted by Gasteiger charge is 2.20. The Kier molecular flexibility index (Phi) is 6.92. The second kappa shape index (κ2) is 8.94. The summed E-state index contributed by atoms with van der Waals surface area (Å²) < 4.78 is 24.9. The molecule has 0 saturated carbocycles. The molecule has 0 aliphatic rings. The van der Waals surface area contributed by atoms with E-state index in [9.17, 15) is 13.2 Å². The first-order valence-electron chi connectivity index (χ1n) is 7.71. The predicted molar refractivity (Wildman–Crippen MR) is 97.7 cm³/mol. The molecule has 1 aromatic carbocycles. The summed E-state index contributed by atoms with van der Waals surface area (Å²) in [6, 6.07) is 12.6. The number of benzene rings is 1. The topological polar surface area (TPSA) is 79.4 Å². The van der Waals surface area contributed by atoms with Crippen LogP contribution in [0.5, 0.6) is 0 Å². The Morgan fingerprint density at radius 3 is 2.52 bits per heavy atom. The number of rotatable bonds is 8. The first-order chi connectivity index (χ1) is 11.8. The average molecular weight is 382 g/mol. The summed E-state index contributed by atoms with van der Waals surface area (Å²) in [7, 11) is -3.52. The quantitative estimate of drug-likeness (QED) is 0.756. The van der Waals surface area contributed by atoms with E-state index in [0.717, 1.165) is 16.1 Å². The summed E-state index contributed by atoms with van der Waals surface area (Å²) in [4.78, 5) is 16.2. The number of carbonyl (C=O) groups is 1. The zero-order valence-corrected chi connectivity index (χ0v) is 15.4. The van der Waals surface area contributed by atoms with Gasteiger partial charge in [0.05, 0.1) is 25.0 Å². The van der Waals surface area contributed by atoms with E-state index in [2.05, 4.69) is 10.3 Å². The van der Waals surface area contributed by atoms with E-state index in [1.807, 2.05) is 12.1 Å². The lowest BCUT2D eigenvalue weighted by Gasteiger charge is -2.19. The molecule has 2 aromatic rings. The summed E-state index contributed by atoms with van der Waals surface area (Å²) in [5.74, 6) is -0.352. The van der Waals surface area contributed by atoms with Gasteiger partial charge in [0.2, 0.25) is 15.9 Å². The van der Waals surface area contributed by atoms with E-state index >= 15 is 0 Å². The normalized spacial score (nSPS) is 11.5. The van der Waals surface area contributed by atoms with Gasteiger partial charge >= 0.3 is 0 Å². The highest BCUT2D eigenvalue weighted by molar-refractivity contribution is 7.88. The van der Waals surface area contributed by atoms with Crippen LogP contribution in [-0.4, -0.2) is 43.0 Å². The van der Waals surface area contributed by atoms with Crippen LogP contribution in [0.15, 0.2) is 48.7 Å². The molecule has 0 bridgehead atoms. The molecule has 0 aliphatic carbocycles. The maximum Gasteiger partial charge on any atom is 0.235 e. The van der Waals surface area contributed by atoms with Crippen LogP contribution in [0.4, 0.5) is 0 Å². The Hall–Kier alpha value is -1.96. The number of nitrogens with one attached hydrogen (secondary N) is 1. The third-order valence-corrected chi connectivity index (χ3v) is 4.95. The summed E-state index contributed by atoms with van der Waals surface area (Å²) in [6.07, 6.45) is 3.31. The van der Waals surface area contributed by atoms with Gasteiger partial charge in [0, 0.05) is 17.8 Å². The van der Waals surface area contributed by atoms with Gasteiger partial charge in [-0.05, 0) is 36.2 Å². The number of aromatic nitrogens is 1. The number of pyridine rings is 1. The zero-order valence-electron chi connectivity index (χ0n) is 13.9. The first-order valence-corrected chi connectivity index (χ1v) is 9.93. The molecule has 0 spiro atoms. The Balaban J connectivity index is 1.87. The van der Waals surface area contributed by atoms with Gasteiger partial charge < -0.3 is 5.32 Å². The standard InChI is InChI=1S/C17H20ClN3O3S/c1-25(23,24)21(12-16-4-2-3-10-19-16)13-17(22)20-11-9-14-5-7-15(18)8-6-14/h2-8,10H,9,11-13H2,1H3,(H,20,22). The van der Waals surface area contributed by atoms with Crippen molar-refractivity contribution in [3.63, 3.8) is 0 Å². The van der Waals surface area contributed by atoms with Gasteiger partial charge in [-0.25, -0.2) is 8.42 Å². The minimum absolute atomic E-state index is 0.0598. The van der Waals surface area contributed by atoms with Gasteiger partial charge in [0.25, 0.3) is 0 Å². The van der Waals surface area contributed by atoms with Crippen molar-refractivity contribution in [2.45, 2.75) is 13.0 Å². The molecule has 0 unspecified atom stereocenters. The Morgan fingerprint density at radius 2 is 1.92 bits per heavy atom. The Morgan fingerprint density at radius 1 is 1.20 bits per heavy atom. The van der Waals surface area contributed by atoms with E-state index in [4.69, 9.17) is 11.6 Å². The minimum atomic E-state index is -3.52. The second-order valence-electron chi connectivity index (χ2n) is 5.58. The molecule has 8 heteroatoms. The lowest BCUT2D eigenvalue weighted by molar-refractivity contribution is -0.121. The number of carbonyl (C=O) groups excluding carboxylic acids is 1. The Labute approximate surface area is 152 Å². The van der Waals surface area contributed by atoms with Gasteiger partial charge in [-0.15, -0.1) is 0 Å². The van der Waals surface area contributed by atoms with Crippen molar-refractivity contribution in [1.82, 2.24) is 14.6 Å². The van der Waals surface area contributed by atoms with Crippen molar-refractivity contribution in [3.8, 4) is 0 Å². The van der Waals surface area contributed by atoms with E-state index < -0.39 is 10.0 Å². The molecule has 6 nitrogen and oxygen atoms in total. The number of hydrogen-bond acceptors (Lipinski definition) is 4. The highest BCUT2D eigenvalue weighted by atomic mass is 35.5. The fourth-order valence-electron chi connectivity index (χ4n) is 2.18. The number of amides is 1. The summed E-state index contributed by atoms with van der Waals surface area (Å²) in [6.45, 7) is 0.238. The van der Waals surface area contributed by atoms with Crippen molar-refractivity contribution in [3.05, 3.63) is 64.9 Å². The maximum absolute atomic E-state index is 12.1. The largest absolute Gasteiger partial charge is 0.355 e. The lowest BCUT2D eigenvalue weighted by atomic mass is 10.1. The molecule has 0 aliphatic heterocycles. The van der Waals surface area contributed by atoms with Gasteiger partial charge in [-0.2, -0.15) is 4.31 Å². The van der Waals surface area contributed by atoms with E-state index in [1.165, 1.54) is 0 Å². The number of hydrogen-bond donors (Lipinski definition) is 1. The van der Waals surface area contributed by atoms with Crippen molar-refractivity contribution >= 4 is 27.5 Å². The van der Waals surface area contributed by atoms with Crippen LogP contribution in [0, 0.1) is 0 Å². The first kappa shape index (κ1) is 19.4. The number of halogens is 1. The molecule has 0 fully saturated rings. The molecule has 25 heavy (non-hydrogen) atoms. The van der Waals surface area contributed by atoms with Gasteiger partial charge in [-0.3, -0.25) is 9.78 Å². The van der Waals surface area contributed by atoms with E-state index in [0.29, 0.717) is 23.7 Å². The zero-order chi connectivity index (χ0) is 18.3. The molecule has 1 aromatic heterocycles. The third kappa shape index (κ3) is 6.81. The molecular weight excluding hydrogens is 362 g/mol. The molecule has 1 amide bonds. The van der Waals surface area contributed by atoms with Gasteiger partial charge in [-0.1, -0.05) is 29.8 Å². The van der Waals surface area contributed by atoms with Crippen LogP contribution in [-0.2, 0) is 27.8 Å². The fourth-order valence-corrected chi connectivity index (χ4v) is 3.02. The number of sulfonamides is 1. The van der Waals surface area contributed by atoms with E-state index in [-0.39, 0.29) is 19.0 Å². The molecule has 0 atom stereocenters. The molecule has 0 saturated heterocycles. The van der Waals surface area contributed by atoms with E-state index in [1.54, 1.807) is 36.5 Å². The lowest BCUT2D eigenvalue weighted by Crippen LogP contribution is -2.40. The van der Waals surface area contributed by atoms with Crippen LogP contribution < -0.4 is 5.32 Å². The maximum atomic E-state index is 12.1. The van der Waals surface area contributed by atoms with Crippen LogP contribution in [0.3, 0.4) is 0 Å². The molecule has 1 heterocycles. The van der Waals surface area contributed by atoms with Crippen molar-refractivity contribution in [2.24, 2.45) is 0 Å². The highest BCUT2D eigenvalue weighted by Crippen LogP contribution is 2.09. The molecular formula is C17H20ClN3O3S. The van der Waals surface area contributed by atoms with Crippen LogP contribution >= 0.6 is 11.6 Å². The van der Waals surface area contributed by atoms with Gasteiger partial charge in [0.15, 0.2) is 0 Å². The second-order valence-corrected chi connectivity index (χ2v) is 8.00. The van der Waals surface area contributed by atoms with Crippen LogP contribution in [0.2, 0.25) is 5.02 Å². The average Bonchev–Trinajstić information content (AvgIpc) is 2.56. The molecule has 134 valence electrons. The molecule has 1 N–H and O–H groups in total. The summed E-state index contributed by atoms with van der Waals surface area (Å²) in [5.41, 5.74) is 1.63. The van der Waals surface area contributed by atoms with Crippen molar-refractivity contribution < 1.29 is 13.2 Å². The van der Waals surface area contributed by atoms with Gasteiger partial charge in [0.1, 0.15) is 0 Å². The smallest absolute Gasteiger partial charge is 0.235 e. The van der Waals surface area contributed by atoms with Crippen LogP contribution in [0.25, 0.3) is 0 Å². The predicted octanol–water partition coefficient (Wildman–Crippen LogP) is 1.86. The number of nitrogens with zero attached hydrogens (tertiary/aromatic N) is 2. The molecule has 0 radical (unpaired) electrons. The van der Waals surface area contributed by atoms with Crippen molar-refractivity contribution in [1.29, 1.82) is 0 Å². The fraction of sp³-hybridized carbons (Fsp3) is 0.294. The monoisotopic (exact) mass is 381 g/mol. The molecule has 2 rings (SSSR count). The SMILES string of the molecule is CS(=O)(=O)N(CC(=O)NCCc1ccc(Cl)cc1)Cc1ccccn1. The summed E-state index contributed by atoms with van der Waals surface area (Å²) in [5, 5.41) is 3.39. The Bertz CT molecular complexity index is 796. The third-order valence-electron chi connectivity index (χ3n) is 3.50. The van der Waals surface area contributed by atoms with Crippen LogP contribution in [0.1, 0.15) is 11.3 Å². The minimum Gasteiger partial charge on any atom is -0.355 e. The summed E-state index contributed by atoms with van der Waals surface area (Å²) >= 11 is 5.83. The van der Waals surface area contributed by atoms with Crippen molar-refractivity contribution in [2.75, 3.05) is 19.3 Å².